The van der Waals surface area contributed by atoms with Crippen molar-refractivity contribution in [3.05, 3.63) is 29.8 Å². The molecule has 72 valence electrons. The molecule has 0 spiro atoms. The number of ether oxygens (including phenoxy) is 1. The molecule has 1 aromatic carbocycles. The van der Waals surface area contributed by atoms with Crippen LogP contribution in [0.5, 0.6) is 5.75 Å². The van der Waals surface area contributed by atoms with Crippen LogP contribution in [0, 0.1) is 0 Å². The van der Waals surface area contributed by atoms with Crippen LogP contribution in [0.1, 0.15) is 12.0 Å². The fourth-order valence-electron chi connectivity index (χ4n) is 1.55. The Balaban J connectivity index is 0.000000845. The van der Waals surface area contributed by atoms with E-state index >= 15 is 0 Å². The summed E-state index contributed by atoms with van der Waals surface area (Å²) in [4.78, 5) is 0. The van der Waals surface area contributed by atoms with Crippen molar-refractivity contribution in [3.63, 3.8) is 0 Å². The van der Waals surface area contributed by atoms with E-state index in [2.05, 4.69) is 6.07 Å². The van der Waals surface area contributed by atoms with Gasteiger partial charge in [0.25, 0.3) is 0 Å². The first-order chi connectivity index (χ1) is 5.90. The van der Waals surface area contributed by atoms with E-state index in [4.69, 9.17) is 10.5 Å². The van der Waals surface area contributed by atoms with E-state index in [1.165, 1.54) is 5.56 Å². The number of aryl methyl sites for hydroxylation is 1. The quantitative estimate of drug-likeness (QED) is 0.748. The average molecular weight is 200 g/mol. The summed E-state index contributed by atoms with van der Waals surface area (Å²) in [6, 6.07) is 8.17. The first kappa shape index (κ1) is 10.4. The number of benzene rings is 1. The predicted octanol–water partition coefficient (Wildman–Crippen LogP) is 1.76. The van der Waals surface area contributed by atoms with Crippen LogP contribution < -0.4 is 10.5 Å². The summed E-state index contributed by atoms with van der Waals surface area (Å²) < 4.78 is 5.66. The highest BCUT2D eigenvalue weighted by molar-refractivity contribution is 5.85. The SMILES string of the molecule is Cl.NCC1CCc2ccccc2O1. The summed E-state index contributed by atoms with van der Waals surface area (Å²) in [5.41, 5.74) is 6.84. The lowest BCUT2D eigenvalue weighted by atomic mass is 10.0. The highest BCUT2D eigenvalue weighted by Crippen LogP contribution is 2.26. The fourth-order valence-corrected chi connectivity index (χ4v) is 1.55. The third-order valence-electron chi connectivity index (χ3n) is 2.26. The van der Waals surface area contributed by atoms with Crippen molar-refractivity contribution in [2.75, 3.05) is 6.54 Å². The second kappa shape index (κ2) is 4.49. The number of hydrogen-bond donors (Lipinski definition) is 1. The molecule has 2 rings (SSSR count). The van der Waals surface area contributed by atoms with Crippen LogP contribution in [0.3, 0.4) is 0 Å². The molecule has 0 saturated carbocycles. The zero-order chi connectivity index (χ0) is 8.39. The molecule has 1 heterocycles. The van der Waals surface area contributed by atoms with Crippen molar-refractivity contribution < 1.29 is 4.74 Å². The first-order valence-electron chi connectivity index (χ1n) is 4.35. The molecule has 1 aliphatic rings. The summed E-state index contributed by atoms with van der Waals surface area (Å²) in [6.45, 7) is 0.619. The maximum Gasteiger partial charge on any atom is 0.122 e. The van der Waals surface area contributed by atoms with E-state index < -0.39 is 0 Å². The highest BCUT2D eigenvalue weighted by atomic mass is 35.5. The molecular formula is C10H14ClNO. The topological polar surface area (TPSA) is 35.2 Å². The molecular weight excluding hydrogens is 186 g/mol. The Labute approximate surface area is 84.5 Å². The first-order valence-corrected chi connectivity index (χ1v) is 4.35. The Morgan fingerprint density at radius 2 is 2.15 bits per heavy atom. The van der Waals surface area contributed by atoms with Gasteiger partial charge in [-0.2, -0.15) is 0 Å². The van der Waals surface area contributed by atoms with Crippen LogP contribution in [0.4, 0.5) is 0 Å². The van der Waals surface area contributed by atoms with Crippen molar-refractivity contribution in [1.82, 2.24) is 0 Å². The monoisotopic (exact) mass is 199 g/mol. The number of para-hydroxylation sites is 1. The molecule has 3 heteroatoms. The molecule has 0 radical (unpaired) electrons. The van der Waals surface area contributed by atoms with Gasteiger partial charge < -0.3 is 10.5 Å². The van der Waals surface area contributed by atoms with Gasteiger partial charge in [0.2, 0.25) is 0 Å². The zero-order valence-corrected chi connectivity index (χ0v) is 8.22. The lowest BCUT2D eigenvalue weighted by molar-refractivity contribution is 0.181. The molecule has 1 atom stereocenters. The van der Waals surface area contributed by atoms with Crippen LogP contribution in [-0.2, 0) is 6.42 Å². The molecule has 13 heavy (non-hydrogen) atoms. The molecule has 1 aromatic rings. The molecule has 0 fully saturated rings. The molecule has 1 unspecified atom stereocenters. The van der Waals surface area contributed by atoms with E-state index in [9.17, 15) is 0 Å². The Morgan fingerprint density at radius 3 is 2.92 bits per heavy atom. The molecule has 0 saturated heterocycles. The maximum absolute atomic E-state index is 5.66. The van der Waals surface area contributed by atoms with E-state index in [0.717, 1.165) is 18.6 Å². The van der Waals surface area contributed by atoms with Crippen molar-refractivity contribution in [2.45, 2.75) is 18.9 Å². The number of fused-ring (bicyclic) bond motifs is 1. The van der Waals surface area contributed by atoms with Crippen molar-refractivity contribution in [3.8, 4) is 5.75 Å². The van der Waals surface area contributed by atoms with Crippen molar-refractivity contribution >= 4 is 12.4 Å². The van der Waals surface area contributed by atoms with Crippen LogP contribution >= 0.6 is 12.4 Å². The molecule has 0 amide bonds. The second-order valence-corrected chi connectivity index (χ2v) is 3.12. The smallest absolute Gasteiger partial charge is 0.122 e. The van der Waals surface area contributed by atoms with Gasteiger partial charge in [0.15, 0.2) is 0 Å². The van der Waals surface area contributed by atoms with Gasteiger partial charge in [0, 0.05) is 6.54 Å². The fraction of sp³-hybridized carbons (Fsp3) is 0.400. The van der Waals surface area contributed by atoms with Gasteiger partial charge in [-0.3, -0.25) is 0 Å². The van der Waals surface area contributed by atoms with E-state index in [0.29, 0.717) is 6.54 Å². The average Bonchev–Trinajstić information content (AvgIpc) is 2.17. The van der Waals surface area contributed by atoms with Crippen molar-refractivity contribution in [1.29, 1.82) is 0 Å². The molecule has 2 N–H and O–H groups in total. The van der Waals surface area contributed by atoms with Crippen LogP contribution in [-0.4, -0.2) is 12.6 Å². The third kappa shape index (κ3) is 2.14. The summed E-state index contributed by atoms with van der Waals surface area (Å²) in [6.07, 6.45) is 2.37. The third-order valence-corrected chi connectivity index (χ3v) is 2.26. The lowest BCUT2D eigenvalue weighted by Gasteiger charge is -2.24. The second-order valence-electron chi connectivity index (χ2n) is 3.12. The van der Waals surface area contributed by atoms with Gasteiger partial charge in [0.05, 0.1) is 0 Å². The summed E-state index contributed by atoms with van der Waals surface area (Å²) in [7, 11) is 0. The number of nitrogens with two attached hydrogens (primary N) is 1. The minimum Gasteiger partial charge on any atom is -0.489 e. The van der Waals surface area contributed by atoms with E-state index in [1.807, 2.05) is 18.2 Å². The maximum atomic E-state index is 5.66. The van der Waals surface area contributed by atoms with Crippen molar-refractivity contribution in [2.24, 2.45) is 5.73 Å². The van der Waals surface area contributed by atoms with Gasteiger partial charge in [-0.15, -0.1) is 12.4 Å². The van der Waals surface area contributed by atoms with Gasteiger partial charge in [-0.1, -0.05) is 18.2 Å². The largest absolute Gasteiger partial charge is 0.489 e. The number of rotatable bonds is 1. The summed E-state index contributed by atoms with van der Waals surface area (Å²) in [5, 5.41) is 0. The Hall–Kier alpha value is -0.730. The zero-order valence-electron chi connectivity index (χ0n) is 7.40. The normalized spacial score (nSPS) is 19.6. The molecule has 1 aliphatic heterocycles. The molecule has 0 bridgehead atoms. The minimum absolute atomic E-state index is 0. The highest BCUT2D eigenvalue weighted by Gasteiger charge is 2.16. The minimum atomic E-state index is 0. The standard InChI is InChI=1S/C10H13NO.ClH/c11-7-9-6-5-8-3-1-2-4-10(8)12-9;/h1-4,9H,5-7,11H2;1H. The summed E-state index contributed by atoms with van der Waals surface area (Å²) >= 11 is 0. The van der Waals surface area contributed by atoms with Crippen LogP contribution in [0.15, 0.2) is 24.3 Å². The predicted molar refractivity (Wildman–Crippen MR) is 55.5 cm³/mol. The summed E-state index contributed by atoms with van der Waals surface area (Å²) in [5.74, 6) is 1.01. The van der Waals surface area contributed by atoms with Gasteiger partial charge >= 0.3 is 0 Å². The van der Waals surface area contributed by atoms with Gasteiger partial charge in [-0.25, -0.2) is 0 Å². The number of halogens is 1. The van der Waals surface area contributed by atoms with E-state index in [1.54, 1.807) is 0 Å². The molecule has 0 aromatic heterocycles. The Bertz CT molecular complexity index is 277. The number of hydrogen-bond acceptors (Lipinski definition) is 2. The molecule has 2 nitrogen and oxygen atoms in total. The Morgan fingerprint density at radius 1 is 1.38 bits per heavy atom. The molecule has 0 aliphatic carbocycles. The van der Waals surface area contributed by atoms with Gasteiger partial charge in [-0.05, 0) is 24.5 Å². The van der Waals surface area contributed by atoms with Crippen LogP contribution in [0.25, 0.3) is 0 Å². The van der Waals surface area contributed by atoms with E-state index in [-0.39, 0.29) is 18.5 Å². The van der Waals surface area contributed by atoms with Gasteiger partial charge in [0.1, 0.15) is 11.9 Å². The van der Waals surface area contributed by atoms with Crippen LogP contribution in [0.2, 0.25) is 0 Å². The lowest BCUT2D eigenvalue weighted by Crippen LogP contribution is -2.30. The Kier molecular flexibility index (Phi) is 3.58.